The number of alkyl halides is 5. The van der Waals surface area contributed by atoms with Crippen LogP contribution < -0.4 is 15.8 Å². The van der Waals surface area contributed by atoms with E-state index in [1.54, 1.807) is 0 Å². The van der Waals surface area contributed by atoms with Crippen molar-refractivity contribution in [2.24, 2.45) is 11.7 Å². The summed E-state index contributed by atoms with van der Waals surface area (Å²) in [5.41, 5.74) is 1.14. The number of nitrogens with one attached hydrogen (secondary N) is 1. The molecule has 2 aromatic rings. The van der Waals surface area contributed by atoms with Crippen LogP contribution >= 0.6 is 0 Å². The van der Waals surface area contributed by atoms with Crippen LogP contribution in [0.5, 0.6) is 5.75 Å². The van der Waals surface area contributed by atoms with Crippen molar-refractivity contribution in [3.63, 3.8) is 0 Å². The molecule has 190 valence electrons. The SMILES string of the molecule is C[C@H]1[C@@H](c2ccc(F)c(F)c2OC(F)F)[C@@H](C(=O)Nc2ccnc(C(N)=O)c2)O[C@]1(C)C(F)(F)F. The van der Waals surface area contributed by atoms with E-state index < -0.39 is 71.1 Å². The van der Waals surface area contributed by atoms with Crippen LogP contribution in [0, 0.1) is 17.6 Å². The van der Waals surface area contributed by atoms with Crippen LogP contribution in [0.15, 0.2) is 30.5 Å². The maximum Gasteiger partial charge on any atom is 0.417 e. The highest BCUT2D eigenvalue weighted by atomic mass is 19.4. The number of nitrogens with two attached hydrogens (primary N) is 1. The van der Waals surface area contributed by atoms with E-state index in [1.807, 2.05) is 0 Å². The molecule has 4 atom stereocenters. The lowest BCUT2D eigenvalue weighted by molar-refractivity contribution is -0.272. The molecule has 35 heavy (non-hydrogen) atoms. The van der Waals surface area contributed by atoms with Gasteiger partial charge in [0.05, 0.1) is 0 Å². The second-order valence-electron chi connectivity index (χ2n) is 7.90. The Labute approximate surface area is 193 Å². The Balaban J connectivity index is 2.10. The molecule has 1 aliphatic rings. The van der Waals surface area contributed by atoms with Crippen LogP contribution in [0.4, 0.5) is 36.4 Å². The minimum Gasteiger partial charge on any atom is -0.431 e. The Bertz CT molecular complexity index is 1140. The van der Waals surface area contributed by atoms with Gasteiger partial charge in [-0.25, -0.2) is 4.39 Å². The fourth-order valence-corrected chi connectivity index (χ4v) is 3.90. The molecule has 3 N–H and O–H groups in total. The van der Waals surface area contributed by atoms with Crippen molar-refractivity contribution in [3.05, 3.63) is 53.4 Å². The Kier molecular flexibility index (Phi) is 6.97. The lowest BCUT2D eigenvalue weighted by atomic mass is 9.77. The van der Waals surface area contributed by atoms with E-state index in [0.29, 0.717) is 13.0 Å². The van der Waals surface area contributed by atoms with Crippen molar-refractivity contribution >= 4 is 17.5 Å². The smallest absolute Gasteiger partial charge is 0.417 e. The quantitative estimate of drug-likeness (QED) is 0.570. The van der Waals surface area contributed by atoms with E-state index in [9.17, 15) is 40.3 Å². The van der Waals surface area contributed by atoms with Gasteiger partial charge in [0.15, 0.2) is 17.2 Å². The second-order valence-corrected chi connectivity index (χ2v) is 7.90. The molecule has 1 aromatic heterocycles. The average Bonchev–Trinajstić information content (AvgIpc) is 3.04. The number of benzene rings is 1. The molecule has 1 fully saturated rings. The minimum atomic E-state index is -5.04. The number of hydrogen-bond donors (Lipinski definition) is 2. The number of rotatable bonds is 6. The van der Waals surface area contributed by atoms with Crippen LogP contribution in [-0.4, -0.2) is 41.3 Å². The van der Waals surface area contributed by atoms with Crippen molar-refractivity contribution in [2.75, 3.05) is 5.32 Å². The van der Waals surface area contributed by atoms with Gasteiger partial charge in [-0.05, 0) is 25.1 Å². The highest BCUT2D eigenvalue weighted by molar-refractivity contribution is 5.97. The van der Waals surface area contributed by atoms with Gasteiger partial charge in [0.25, 0.3) is 11.8 Å². The number of halogens is 7. The zero-order valence-corrected chi connectivity index (χ0v) is 18.0. The normalized spacial score (nSPS) is 24.5. The van der Waals surface area contributed by atoms with Gasteiger partial charge < -0.3 is 20.5 Å². The third-order valence-electron chi connectivity index (χ3n) is 5.85. The van der Waals surface area contributed by atoms with Crippen molar-refractivity contribution < 1.29 is 49.8 Å². The number of ether oxygens (including phenoxy) is 2. The monoisotopic (exact) mass is 509 g/mol. The molecule has 3 rings (SSSR count). The fourth-order valence-electron chi connectivity index (χ4n) is 3.90. The molecule has 0 aliphatic carbocycles. The van der Waals surface area contributed by atoms with Crippen molar-refractivity contribution in [2.45, 2.75) is 44.3 Å². The summed E-state index contributed by atoms with van der Waals surface area (Å²) in [6, 6.07) is 3.50. The highest BCUT2D eigenvalue weighted by Gasteiger charge is 2.66. The minimum absolute atomic E-state index is 0.0937. The molecule has 1 aromatic carbocycles. The molecule has 0 bridgehead atoms. The molecule has 1 aliphatic heterocycles. The largest absolute Gasteiger partial charge is 0.431 e. The summed E-state index contributed by atoms with van der Waals surface area (Å²) in [5, 5.41) is 2.24. The number of carbonyl (C=O) groups excluding carboxylic acids is 2. The molecule has 0 unspecified atom stereocenters. The standard InChI is InChI=1S/C21H18F7N3O4/c1-8-13(10-3-4-11(22)14(23)15(10)34-19(24)25)16(35-20(8,2)21(26,27)28)18(33)31-9-5-6-30-12(7-9)17(29)32/h3-8,13,16,19H,1-2H3,(H2,29,32)(H,30,31,33)/t8-,13-,16-,20-/m0/s1. The summed E-state index contributed by atoms with van der Waals surface area (Å²) in [7, 11) is 0. The zero-order valence-electron chi connectivity index (χ0n) is 18.0. The number of aromatic nitrogens is 1. The van der Waals surface area contributed by atoms with E-state index in [-0.39, 0.29) is 11.4 Å². The van der Waals surface area contributed by atoms with E-state index >= 15 is 0 Å². The number of anilines is 1. The van der Waals surface area contributed by atoms with Crippen molar-refractivity contribution in [1.82, 2.24) is 4.98 Å². The van der Waals surface area contributed by atoms with Crippen LogP contribution in [-0.2, 0) is 9.53 Å². The molecule has 0 spiro atoms. The highest BCUT2D eigenvalue weighted by Crippen LogP contribution is 2.55. The molecule has 1 saturated heterocycles. The first-order chi connectivity index (χ1) is 16.2. The summed E-state index contributed by atoms with van der Waals surface area (Å²) in [6.07, 6.45) is -5.97. The van der Waals surface area contributed by atoms with Gasteiger partial charge in [-0.15, -0.1) is 0 Å². The maximum atomic E-state index is 14.4. The van der Waals surface area contributed by atoms with Crippen LogP contribution in [0.25, 0.3) is 0 Å². The van der Waals surface area contributed by atoms with E-state index in [1.165, 1.54) is 6.07 Å². The van der Waals surface area contributed by atoms with Gasteiger partial charge in [0.2, 0.25) is 5.82 Å². The predicted octanol–water partition coefficient (Wildman–Crippen LogP) is 4.14. The number of hydrogen-bond acceptors (Lipinski definition) is 5. The second kappa shape index (κ2) is 9.32. The van der Waals surface area contributed by atoms with Gasteiger partial charge >= 0.3 is 12.8 Å². The summed E-state index contributed by atoms with van der Waals surface area (Å²) in [5.74, 6) is -10.3. The van der Waals surface area contributed by atoms with Gasteiger partial charge in [-0.1, -0.05) is 13.0 Å². The Hall–Kier alpha value is -3.42. The molecule has 0 saturated carbocycles. The first-order valence-corrected chi connectivity index (χ1v) is 9.91. The summed E-state index contributed by atoms with van der Waals surface area (Å²) in [6.45, 7) is -1.98. The Morgan fingerprint density at radius 2 is 1.89 bits per heavy atom. The summed E-state index contributed by atoms with van der Waals surface area (Å²) in [4.78, 5) is 28.0. The van der Waals surface area contributed by atoms with Gasteiger partial charge in [0.1, 0.15) is 11.8 Å². The third-order valence-corrected chi connectivity index (χ3v) is 5.85. The Morgan fingerprint density at radius 1 is 1.23 bits per heavy atom. The number of carbonyl (C=O) groups is 2. The molecule has 14 heteroatoms. The number of pyridine rings is 1. The molecule has 2 heterocycles. The first kappa shape index (κ1) is 26.2. The summed E-state index contributed by atoms with van der Waals surface area (Å²) >= 11 is 0. The van der Waals surface area contributed by atoms with E-state index in [0.717, 1.165) is 25.3 Å². The van der Waals surface area contributed by atoms with Crippen LogP contribution in [0.2, 0.25) is 0 Å². The van der Waals surface area contributed by atoms with Crippen LogP contribution in [0.3, 0.4) is 0 Å². The molecular formula is C21H18F7N3O4. The zero-order chi connectivity index (χ0) is 26.3. The lowest BCUT2D eigenvalue weighted by Gasteiger charge is -2.32. The van der Waals surface area contributed by atoms with E-state index in [2.05, 4.69) is 15.0 Å². The van der Waals surface area contributed by atoms with E-state index in [4.69, 9.17) is 10.5 Å². The molecule has 0 radical (unpaired) electrons. The van der Waals surface area contributed by atoms with Crippen LogP contribution in [0.1, 0.15) is 35.8 Å². The topological polar surface area (TPSA) is 104 Å². The molecule has 7 nitrogen and oxygen atoms in total. The predicted molar refractivity (Wildman–Crippen MR) is 106 cm³/mol. The fraction of sp³-hybridized carbons (Fsp3) is 0.381. The Morgan fingerprint density at radius 3 is 2.46 bits per heavy atom. The molecule has 2 amide bonds. The van der Waals surface area contributed by atoms with Gasteiger partial charge in [0, 0.05) is 29.3 Å². The van der Waals surface area contributed by atoms with Crippen molar-refractivity contribution in [3.8, 4) is 5.75 Å². The average molecular weight is 509 g/mol. The first-order valence-electron chi connectivity index (χ1n) is 9.91. The molecular weight excluding hydrogens is 491 g/mol. The lowest BCUT2D eigenvalue weighted by Crippen LogP contribution is -2.47. The van der Waals surface area contributed by atoms with Crippen molar-refractivity contribution in [1.29, 1.82) is 0 Å². The van der Waals surface area contributed by atoms with Gasteiger partial charge in [-0.3, -0.25) is 14.6 Å². The number of amides is 2. The van der Waals surface area contributed by atoms with Gasteiger partial charge in [-0.2, -0.15) is 26.3 Å². The maximum absolute atomic E-state index is 14.4. The number of primary amides is 1. The number of nitrogens with zero attached hydrogens (tertiary/aromatic N) is 1. The third kappa shape index (κ3) is 4.88. The summed E-state index contributed by atoms with van der Waals surface area (Å²) < 4.78 is 105.